The summed E-state index contributed by atoms with van der Waals surface area (Å²) in [5.74, 6) is -0.823. The number of imide groups is 1. The van der Waals surface area contributed by atoms with E-state index in [9.17, 15) is 22.8 Å². The summed E-state index contributed by atoms with van der Waals surface area (Å²) in [5.41, 5.74) is -0.839. The SMILES string of the molecule is CCN(C(=O)CN1C(=O)N[C@@](C)(c2cc3ccccc3o2)C1=O)[C@H]1CCS(=O)(=O)C1. The Labute approximate surface area is 173 Å². The minimum Gasteiger partial charge on any atom is -0.458 e. The first kappa shape index (κ1) is 20.4. The van der Waals surface area contributed by atoms with Crippen molar-refractivity contribution in [3.05, 3.63) is 36.1 Å². The van der Waals surface area contributed by atoms with E-state index in [1.54, 1.807) is 25.1 Å². The van der Waals surface area contributed by atoms with Gasteiger partial charge in [-0.3, -0.25) is 14.5 Å². The second-order valence-corrected chi connectivity index (χ2v) is 10.1. The van der Waals surface area contributed by atoms with Crippen molar-refractivity contribution >= 4 is 38.7 Å². The molecule has 0 unspecified atom stereocenters. The molecule has 4 rings (SSSR count). The van der Waals surface area contributed by atoms with Crippen molar-refractivity contribution < 1.29 is 27.2 Å². The number of amides is 4. The average molecular weight is 433 g/mol. The number of carbonyl (C=O) groups is 3. The Balaban J connectivity index is 1.54. The lowest BCUT2D eigenvalue weighted by Crippen LogP contribution is -2.48. The van der Waals surface area contributed by atoms with Crippen LogP contribution < -0.4 is 5.32 Å². The van der Waals surface area contributed by atoms with E-state index in [1.165, 1.54) is 11.8 Å². The maximum absolute atomic E-state index is 13.1. The van der Waals surface area contributed by atoms with Gasteiger partial charge in [0.2, 0.25) is 5.91 Å². The fourth-order valence-electron chi connectivity index (χ4n) is 4.12. The van der Waals surface area contributed by atoms with Crippen LogP contribution in [0.3, 0.4) is 0 Å². The number of urea groups is 1. The molecule has 4 amide bonds. The zero-order chi connectivity index (χ0) is 21.7. The van der Waals surface area contributed by atoms with Crippen LogP contribution in [0, 0.1) is 0 Å². The van der Waals surface area contributed by atoms with Crippen molar-refractivity contribution in [2.75, 3.05) is 24.6 Å². The zero-order valence-electron chi connectivity index (χ0n) is 16.8. The first-order valence-electron chi connectivity index (χ1n) is 9.77. The molecule has 2 aliphatic rings. The van der Waals surface area contributed by atoms with Crippen molar-refractivity contribution in [1.29, 1.82) is 0 Å². The summed E-state index contributed by atoms with van der Waals surface area (Å²) in [7, 11) is -3.17. The van der Waals surface area contributed by atoms with E-state index in [0.717, 1.165) is 10.3 Å². The average Bonchev–Trinajstić information content (AvgIpc) is 3.34. The lowest BCUT2D eigenvalue weighted by Gasteiger charge is -2.28. The van der Waals surface area contributed by atoms with Crippen LogP contribution in [0.15, 0.2) is 34.7 Å². The minimum atomic E-state index is -3.17. The molecular formula is C20H23N3O6S. The quantitative estimate of drug-likeness (QED) is 0.709. The molecule has 0 bridgehead atoms. The van der Waals surface area contributed by atoms with Crippen molar-refractivity contribution in [2.24, 2.45) is 0 Å². The van der Waals surface area contributed by atoms with E-state index < -0.39 is 45.8 Å². The number of rotatable bonds is 5. The van der Waals surface area contributed by atoms with E-state index in [-0.39, 0.29) is 17.3 Å². The van der Waals surface area contributed by atoms with Crippen molar-refractivity contribution in [3.63, 3.8) is 0 Å². The minimum absolute atomic E-state index is 0.0364. The number of hydrogen-bond acceptors (Lipinski definition) is 6. The number of carbonyl (C=O) groups excluding carboxylic acids is 3. The molecule has 1 aromatic carbocycles. The van der Waals surface area contributed by atoms with Crippen molar-refractivity contribution in [2.45, 2.75) is 31.8 Å². The Morgan fingerprint density at radius 2 is 2.07 bits per heavy atom. The molecule has 2 aromatic rings. The predicted octanol–water partition coefficient (Wildman–Crippen LogP) is 1.24. The number of benzene rings is 1. The van der Waals surface area contributed by atoms with Gasteiger partial charge in [0.1, 0.15) is 17.9 Å². The maximum atomic E-state index is 13.1. The van der Waals surface area contributed by atoms with Crippen LogP contribution in [0.4, 0.5) is 4.79 Å². The van der Waals surface area contributed by atoms with Gasteiger partial charge in [0, 0.05) is 18.0 Å². The Morgan fingerprint density at radius 1 is 1.33 bits per heavy atom. The molecule has 0 radical (unpaired) electrons. The van der Waals surface area contributed by atoms with Gasteiger partial charge in [0.25, 0.3) is 5.91 Å². The molecule has 9 nitrogen and oxygen atoms in total. The molecule has 2 saturated heterocycles. The number of furan rings is 1. The van der Waals surface area contributed by atoms with Gasteiger partial charge in [-0.2, -0.15) is 0 Å². The van der Waals surface area contributed by atoms with Gasteiger partial charge >= 0.3 is 6.03 Å². The van der Waals surface area contributed by atoms with Crippen LogP contribution in [-0.2, 0) is 25.0 Å². The zero-order valence-corrected chi connectivity index (χ0v) is 17.6. The fourth-order valence-corrected chi connectivity index (χ4v) is 5.85. The van der Waals surface area contributed by atoms with E-state index in [4.69, 9.17) is 4.42 Å². The van der Waals surface area contributed by atoms with E-state index >= 15 is 0 Å². The molecule has 1 aromatic heterocycles. The molecule has 160 valence electrons. The largest absolute Gasteiger partial charge is 0.458 e. The van der Waals surface area contributed by atoms with Gasteiger partial charge in [0.15, 0.2) is 15.4 Å². The van der Waals surface area contributed by atoms with E-state index in [2.05, 4.69) is 5.32 Å². The second kappa shape index (κ2) is 7.12. The van der Waals surface area contributed by atoms with Gasteiger partial charge in [-0.05, 0) is 32.4 Å². The van der Waals surface area contributed by atoms with Crippen LogP contribution in [0.25, 0.3) is 11.0 Å². The summed E-state index contributed by atoms with van der Waals surface area (Å²) in [5, 5.41) is 3.43. The molecule has 30 heavy (non-hydrogen) atoms. The number of nitrogens with zero attached hydrogens (tertiary/aromatic N) is 2. The Morgan fingerprint density at radius 3 is 2.70 bits per heavy atom. The first-order chi connectivity index (χ1) is 14.1. The fraction of sp³-hybridized carbons (Fsp3) is 0.450. The number of para-hydroxylation sites is 1. The van der Waals surface area contributed by atoms with Crippen LogP contribution in [0.2, 0.25) is 0 Å². The van der Waals surface area contributed by atoms with Gasteiger partial charge in [-0.25, -0.2) is 13.2 Å². The van der Waals surface area contributed by atoms with Crippen LogP contribution in [0.1, 0.15) is 26.0 Å². The molecule has 0 saturated carbocycles. The highest BCUT2D eigenvalue weighted by Gasteiger charge is 2.52. The van der Waals surface area contributed by atoms with Gasteiger partial charge in [-0.1, -0.05) is 18.2 Å². The van der Waals surface area contributed by atoms with Crippen molar-refractivity contribution in [1.82, 2.24) is 15.1 Å². The summed E-state index contributed by atoms with van der Waals surface area (Å²) in [4.78, 5) is 40.8. The molecule has 2 atom stereocenters. The third-order valence-corrected chi connectivity index (χ3v) is 7.55. The third kappa shape index (κ3) is 3.34. The smallest absolute Gasteiger partial charge is 0.325 e. The monoisotopic (exact) mass is 433 g/mol. The Bertz CT molecular complexity index is 1110. The second-order valence-electron chi connectivity index (χ2n) is 7.83. The summed E-state index contributed by atoms with van der Waals surface area (Å²) in [6.07, 6.45) is 0.360. The first-order valence-corrected chi connectivity index (χ1v) is 11.6. The number of nitrogens with one attached hydrogen (secondary N) is 1. The van der Waals surface area contributed by atoms with Crippen molar-refractivity contribution in [3.8, 4) is 0 Å². The lowest BCUT2D eigenvalue weighted by molar-refractivity contribution is -0.140. The maximum Gasteiger partial charge on any atom is 0.325 e. The number of sulfone groups is 1. The molecule has 3 heterocycles. The third-order valence-electron chi connectivity index (χ3n) is 5.80. The predicted molar refractivity (Wildman–Crippen MR) is 108 cm³/mol. The lowest BCUT2D eigenvalue weighted by atomic mass is 9.99. The summed E-state index contributed by atoms with van der Waals surface area (Å²) < 4.78 is 29.3. The van der Waals surface area contributed by atoms with Gasteiger partial charge in [-0.15, -0.1) is 0 Å². The van der Waals surface area contributed by atoms with Crippen LogP contribution >= 0.6 is 0 Å². The Hall–Kier alpha value is -2.88. The molecule has 0 spiro atoms. The topological polar surface area (TPSA) is 117 Å². The standard InChI is InChI=1S/C20H23N3O6S/c1-3-22(14-8-9-30(27,28)12-14)17(24)11-23-18(25)20(2,21-19(23)26)16-10-13-6-4-5-7-15(13)29-16/h4-7,10,14H,3,8-9,11-12H2,1-2H3,(H,21,26)/t14-,20-/m0/s1. The molecule has 10 heteroatoms. The molecule has 2 aliphatic heterocycles. The molecule has 0 aliphatic carbocycles. The molecular weight excluding hydrogens is 410 g/mol. The molecule has 2 fully saturated rings. The van der Waals surface area contributed by atoms with Gasteiger partial charge in [0.05, 0.1) is 11.5 Å². The van der Waals surface area contributed by atoms with E-state index in [1.807, 2.05) is 12.1 Å². The number of likely N-dealkylation sites (N-methyl/N-ethyl adjacent to an activating group) is 1. The summed E-state index contributed by atoms with van der Waals surface area (Å²) >= 11 is 0. The Kier molecular flexibility index (Phi) is 4.84. The van der Waals surface area contributed by atoms with Gasteiger partial charge < -0.3 is 14.6 Å². The molecule has 1 N–H and O–H groups in total. The normalized spacial score (nSPS) is 25.7. The number of fused-ring (bicyclic) bond motifs is 1. The summed E-state index contributed by atoms with van der Waals surface area (Å²) in [6, 6.07) is 7.82. The number of hydrogen-bond donors (Lipinski definition) is 1. The highest BCUT2D eigenvalue weighted by Crippen LogP contribution is 2.33. The summed E-state index contributed by atoms with van der Waals surface area (Å²) in [6.45, 7) is 3.12. The van der Waals surface area contributed by atoms with Crippen LogP contribution in [-0.4, -0.2) is 66.7 Å². The highest BCUT2D eigenvalue weighted by atomic mass is 32.2. The van der Waals surface area contributed by atoms with Crippen LogP contribution in [0.5, 0.6) is 0 Å². The van der Waals surface area contributed by atoms with E-state index in [0.29, 0.717) is 18.5 Å². The highest BCUT2D eigenvalue weighted by molar-refractivity contribution is 7.91.